The fraction of sp³-hybridized carbons (Fsp3) is 0.917. The molecule has 0 saturated carbocycles. The Kier molecular flexibility index (Phi) is 10.2. The van der Waals surface area contributed by atoms with Crippen molar-refractivity contribution >= 4 is 18.6 Å². The third kappa shape index (κ3) is 8.79. The molecule has 3 heteroatoms. The van der Waals surface area contributed by atoms with Gasteiger partial charge in [-0.05, 0) is 12.8 Å². The minimum absolute atomic E-state index is 0.172. The quantitative estimate of drug-likeness (QED) is 0.373. The van der Waals surface area contributed by atoms with Gasteiger partial charge in [0.15, 0.2) is 0 Å². The maximum Gasteiger partial charge on any atom is 0.318 e. The van der Waals surface area contributed by atoms with Crippen LogP contribution in [0.3, 0.4) is 0 Å². The Morgan fingerprint density at radius 1 is 1.13 bits per heavy atom. The lowest BCUT2D eigenvalue weighted by molar-refractivity contribution is -0.143. The monoisotopic (exact) mass is 232 g/mol. The summed E-state index contributed by atoms with van der Waals surface area (Å²) >= 11 is 4.12. The predicted octanol–water partition coefficient (Wildman–Crippen LogP) is 3.60. The maximum atomic E-state index is 11.2. The number of ether oxygens (including phenoxy) is 1. The molecule has 0 spiro atoms. The highest BCUT2D eigenvalue weighted by Gasteiger charge is 2.11. The van der Waals surface area contributed by atoms with Crippen LogP contribution >= 0.6 is 12.6 Å². The van der Waals surface area contributed by atoms with Gasteiger partial charge < -0.3 is 4.74 Å². The zero-order chi connectivity index (χ0) is 11.5. The molecule has 0 fully saturated rings. The summed E-state index contributed by atoms with van der Waals surface area (Å²) in [5.41, 5.74) is 0. The zero-order valence-corrected chi connectivity index (χ0v) is 10.9. The number of unbranched alkanes of at least 4 members (excludes halogenated alkanes) is 5. The van der Waals surface area contributed by atoms with Gasteiger partial charge in [0.1, 0.15) is 0 Å². The Morgan fingerprint density at radius 2 is 1.73 bits per heavy atom. The molecule has 0 aromatic rings. The molecule has 1 unspecified atom stereocenters. The molecule has 0 aromatic carbocycles. The van der Waals surface area contributed by atoms with Crippen LogP contribution in [0.15, 0.2) is 0 Å². The van der Waals surface area contributed by atoms with Crippen molar-refractivity contribution in [3.05, 3.63) is 0 Å². The van der Waals surface area contributed by atoms with E-state index in [9.17, 15) is 4.79 Å². The van der Waals surface area contributed by atoms with Crippen LogP contribution in [0.5, 0.6) is 0 Å². The number of hydrogen-bond donors (Lipinski definition) is 1. The molecule has 0 aromatic heterocycles. The van der Waals surface area contributed by atoms with Crippen LogP contribution < -0.4 is 0 Å². The first-order chi connectivity index (χ1) is 7.22. The van der Waals surface area contributed by atoms with E-state index in [1.54, 1.807) is 0 Å². The van der Waals surface area contributed by atoms with Gasteiger partial charge >= 0.3 is 5.97 Å². The highest BCUT2D eigenvalue weighted by Crippen LogP contribution is 2.07. The molecule has 0 rings (SSSR count). The topological polar surface area (TPSA) is 26.3 Å². The van der Waals surface area contributed by atoms with Crippen molar-refractivity contribution in [1.82, 2.24) is 0 Å². The Balaban J connectivity index is 3.20. The Hall–Kier alpha value is -0.180. The van der Waals surface area contributed by atoms with Crippen molar-refractivity contribution in [3.63, 3.8) is 0 Å². The van der Waals surface area contributed by atoms with Crippen LogP contribution in [-0.2, 0) is 9.53 Å². The summed E-state index contributed by atoms with van der Waals surface area (Å²) in [6.45, 7) is 4.70. The SMILES string of the molecule is CCCCCCCCOC(=O)C(S)CC. The van der Waals surface area contributed by atoms with Crippen LogP contribution in [0.25, 0.3) is 0 Å². The van der Waals surface area contributed by atoms with Crippen molar-refractivity contribution in [2.45, 2.75) is 64.0 Å². The Morgan fingerprint density at radius 3 is 2.33 bits per heavy atom. The van der Waals surface area contributed by atoms with Crippen LogP contribution in [-0.4, -0.2) is 17.8 Å². The number of esters is 1. The van der Waals surface area contributed by atoms with Crippen LogP contribution in [0.1, 0.15) is 58.8 Å². The van der Waals surface area contributed by atoms with Crippen molar-refractivity contribution < 1.29 is 9.53 Å². The second kappa shape index (κ2) is 10.3. The van der Waals surface area contributed by atoms with E-state index in [-0.39, 0.29) is 11.2 Å². The molecule has 0 bridgehead atoms. The number of carbonyl (C=O) groups excluding carboxylic acids is 1. The van der Waals surface area contributed by atoms with Gasteiger partial charge in [-0.2, -0.15) is 12.6 Å². The Bertz CT molecular complexity index is 160. The van der Waals surface area contributed by atoms with Crippen LogP contribution in [0, 0.1) is 0 Å². The van der Waals surface area contributed by atoms with Crippen LogP contribution in [0.4, 0.5) is 0 Å². The van der Waals surface area contributed by atoms with E-state index in [2.05, 4.69) is 19.6 Å². The molecule has 0 aliphatic carbocycles. The molecule has 0 saturated heterocycles. The number of carbonyl (C=O) groups is 1. The first kappa shape index (κ1) is 14.8. The van der Waals surface area contributed by atoms with Crippen LogP contribution in [0.2, 0.25) is 0 Å². The largest absolute Gasteiger partial charge is 0.465 e. The fourth-order valence-electron chi connectivity index (χ4n) is 1.32. The van der Waals surface area contributed by atoms with E-state index in [0.717, 1.165) is 19.3 Å². The van der Waals surface area contributed by atoms with Gasteiger partial charge in [0, 0.05) is 0 Å². The van der Waals surface area contributed by atoms with E-state index in [0.29, 0.717) is 6.61 Å². The summed E-state index contributed by atoms with van der Waals surface area (Å²) in [6.07, 6.45) is 8.02. The first-order valence-corrected chi connectivity index (χ1v) is 6.58. The molecule has 2 nitrogen and oxygen atoms in total. The first-order valence-electron chi connectivity index (χ1n) is 6.07. The van der Waals surface area contributed by atoms with E-state index >= 15 is 0 Å². The second-order valence-electron chi connectivity index (χ2n) is 3.86. The molecule has 1 atom stereocenters. The molecule has 90 valence electrons. The van der Waals surface area contributed by atoms with Crippen molar-refractivity contribution in [1.29, 1.82) is 0 Å². The molecular weight excluding hydrogens is 208 g/mol. The van der Waals surface area contributed by atoms with Crippen molar-refractivity contribution in [2.75, 3.05) is 6.61 Å². The molecular formula is C12H24O2S. The van der Waals surface area contributed by atoms with Gasteiger partial charge in [-0.25, -0.2) is 0 Å². The number of thiol groups is 1. The van der Waals surface area contributed by atoms with E-state index in [4.69, 9.17) is 4.74 Å². The summed E-state index contributed by atoms with van der Waals surface area (Å²) in [5.74, 6) is -0.172. The molecule has 0 N–H and O–H groups in total. The van der Waals surface area contributed by atoms with E-state index < -0.39 is 0 Å². The summed E-state index contributed by atoms with van der Waals surface area (Å²) in [5, 5.41) is -0.245. The minimum atomic E-state index is -0.245. The summed E-state index contributed by atoms with van der Waals surface area (Å²) in [4.78, 5) is 11.2. The van der Waals surface area contributed by atoms with Crippen molar-refractivity contribution in [3.8, 4) is 0 Å². The highest BCUT2D eigenvalue weighted by atomic mass is 32.1. The smallest absolute Gasteiger partial charge is 0.318 e. The molecule has 15 heavy (non-hydrogen) atoms. The zero-order valence-electron chi connectivity index (χ0n) is 10.00. The Labute approximate surface area is 99.2 Å². The molecule has 0 amide bonds. The van der Waals surface area contributed by atoms with Gasteiger partial charge in [-0.3, -0.25) is 4.79 Å². The highest BCUT2D eigenvalue weighted by molar-refractivity contribution is 7.81. The van der Waals surface area contributed by atoms with E-state index in [1.807, 2.05) is 6.92 Å². The third-order valence-corrected chi connectivity index (χ3v) is 2.98. The molecule has 0 radical (unpaired) electrons. The van der Waals surface area contributed by atoms with Gasteiger partial charge in [-0.15, -0.1) is 0 Å². The summed E-state index contributed by atoms with van der Waals surface area (Å²) < 4.78 is 5.09. The predicted molar refractivity (Wildman–Crippen MR) is 67.4 cm³/mol. The minimum Gasteiger partial charge on any atom is -0.465 e. The second-order valence-corrected chi connectivity index (χ2v) is 4.48. The molecule has 0 heterocycles. The van der Waals surface area contributed by atoms with E-state index in [1.165, 1.54) is 25.7 Å². The van der Waals surface area contributed by atoms with Gasteiger partial charge in [0.25, 0.3) is 0 Å². The lowest BCUT2D eigenvalue weighted by Gasteiger charge is -2.08. The average Bonchev–Trinajstić information content (AvgIpc) is 2.26. The average molecular weight is 232 g/mol. The maximum absolute atomic E-state index is 11.2. The number of rotatable bonds is 9. The van der Waals surface area contributed by atoms with Gasteiger partial charge in [0.05, 0.1) is 11.9 Å². The normalized spacial score (nSPS) is 12.5. The van der Waals surface area contributed by atoms with Crippen molar-refractivity contribution in [2.24, 2.45) is 0 Å². The fourth-order valence-corrected chi connectivity index (χ4v) is 1.39. The van der Waals surface area contributed by atoms with Gasteiger partial charge in [0.2, 0.25) is 0 Å². The number of hydrogen-bond acceptors (Lipinski definition) is 3. The molecule has 0 aliphatic heterocycles. The third-order valence-electron chi connectivity index (χ3n) is 2.40. The standard InChI is InChI=1S/C12H24O2S/c1-3-5-6-7-8-9-10-14-12(13)11(15)4-2/h11,15H,3-10H2,1-2H3. The molecule has 0 aliphatic rings. The lowest BCUT2D eigenvalue weighted by atomic mass is 10.1. The summed E-state index contributed by atoms with van der Waals surface area (Å²) in [6, 6.07) is 0. The summed E-state index contributed by atoms with van der Waals surface area (Å²) in [7, 11) is 0. The van der Waals surface area contributed by atoms with Gasteiger partial charge in [-0.1, -0.05) is 46.0 Å². The lowest BCUT2D eigenvalue weighted by Crippen LogP contribution is -2.17.